The fourth-order valence-corrected chi connectivity index (χ4v) is 5.42. The van der Waals surface area contributed by atoms with Crippen LogP contribution in [0.1, 0.15) is 16.1 Å². The highest BCUT2D eigenvalue weighted by Crippen LogP contribution is 2.37. The molecule has 11 heteroatoms. The SMILES string of the molecule is Cc1nc(-c2ccc(C(F)(F)F)cc2)sc1CSc1ccc(OCC(=O)O)c2occc(=O)c12. The van der Waals surface area contributed by atoms with Crippen molar-refractivity contribution < 1.29 is 32.2 Å². The zero-order chi connectivity index (χ0) is 24.5. The van der Waals surface area contributed by atoms with Gasteiger partial charge in [-0.15, -0.1) is 23.1 Å². The number of aromatic nitrogens is 1. The summed E-state index contributed by atoms with van der Waals surface area (Å²) in [6.07, 6.45) is -3.18. The Kier molecular flexibility index (Phi) is 6.67. The Morgan fingerprint density at radius 2 is 1.91 bits per heavy atom. The molecule has 176 valence electrons. The third-order valence-corrected chi connectivity index (χ3v) is 7.27. The van der Waals surface area contributed by atoms with E-state index in [1.807, 2.05) is 6.92 Å². The molecule has 0 aliphatic rings. The number of nitrogens with zero attached hydrogens (tertiary/aromatic N) is 1. The Morgan fingerprint density at radius 1 is 1.18 bits per heavy atom. The van der Waals surface area contributed by atoms with Gasteiger partial charge in [-0.05, 0) is 31.2 Å². The van der Waals surface area contributed by atoms with E-state index in [9.17, 15) is 22.8 Å². The summed E-state index contributed by atoms with van der Waals surface area (Å²) in [5.74, 6) is -0.546. The van der Waals surface area contributed by atoms with E-state index in [4.69, 9.17) is 14.3 Å². The number of carboxylic acid groups (broad SMARTS) is 1. The van der Waals surface area contributed by atoms with E-state index in [0.29, 0.717) is 21.2 Å². The van der Waals surface area contributed by atoms with Crippen molar-refractivity contribution in [2.45, 2.75) is 23.7 Å². The molecular formula is C23H16F3NO5S2. The second-order valence-corrected chi connectivity index (χ2v) is 9.23. The zero-order valence-corrected chi connectivity index (χ0v) is 19.1. The highest BCUT2D eigenvalue weighted by molar-refractivity contribution is 7.98. The minimum absolute atomic E-state index is 0.151. The number of alkyl halides is 3. The smallest absolute Gasteiger partial charge is 0.416 e. The maximum absolute atomic E-state index is 12.8. The number of hydrogen-bond donors (Lipinski definition) is 1. The number of aliphatic carboxylic acids is 1. The van der Waals surface area contributed by atoms with Gasteiger partial charge >= 0.3 is 12.1 Å². The highest BCUT2D eigenvalue weighted by atomic mass is 32.2. The van der Waals surface area contributed by atoms with Crippen LogP contribution in [-0.4, -0.2) is 22.7 Å². The van der Waals surface area contributed by atoms with Crippen LogP contribution in [0.3, 0.4) is 0 Å². The number of halogens is 3. The number of fused-ring (bicyclic) bond motifs is 1. The first-order valence-corrected chi connectivity index (χ1v) is 11.6. The van der Waals surface area contributed by atoms with Gasteiger partial charge in [0.2, 0.25) is 0 Å². The summed E-state index contributed by atoms with van der Waals surface area (Å²) >= 11 is 2.73. The van der Waals surface area contributed by atoms with Crippen LogP contribution >= 0.6 is 23.1 Å². The Hall–Kier alpha value is -3.31. The molecule has 34 heavy (non-hydrogen) atoms. The predicted molar refractivity (Wildman–Crippen MR) is 122 cm³/mol. The third-order valence-electron chi connectivity index (χ3n) is 4.80. The summed E-state index contributed by atoms with van der Waals surface area (Å²) in [5, 5.41) is 9.73. The average Bonchev–Trinajstić information content (AvgIpc) is 3.16. The van der Waals surface area contributed by atoms with Crippen molar-refractivity contribution in [1.82, 2.24) is 4.98 Å². The number of thiazole rings is 1. The third kappa shape index (κ3) is 5.10. The van der Waals surface area contributed by atoms with E-state index in [1.165, 1.54) is 47.6 Å². The first-order chi connectivity index (χ1) is 16.1. The number of hydrogen-bond acceptors (Lipinski definition) is 7. The normalized spacial score (nSPS) is 11.6. The lowest BCUT2D eigenvalue weighted by atomic mass is 10.1. The molecule has 0 unspecified atom stereocenters. The number of carbonyl (C=O) groups is 1. The van der Waals surface area contributed by atoms with Gasteiger partial charge < -0.3 is 14.3 Å². The van der Waals surface area contributed by atoms with E-state index < -0.39 is 24.3 Å². The van der Waals surface area contributed by atoms with Crippen molar-refractivity contribution in [2.24, 2.45) is 0 Å². The van der Waals surface area contributed by atoms with Gasteiger partial charge in [-0.25, -0.2) is 9.78 Å². The van der Waals surface area contributed by atoms with Crippen molar-refractivity contribution in [1.29, 1.82) is 0 Å². The van der Waals surface area contributed by atoms with Crippen LogP contribution in [-0.2, 0) is 16.7 Å². The number of aryl methyl sites for hydroxylation is 1. The molecule has 0 saturated carbocycles. The van der Waals surface area contributed by atoms with Gasteiger partial charge in [-0.1, -0.05) is 12.1 Å². The van der Waals surface area contributed by atoms with Crippen LogP contribution in [0, 0.1) is 6.92 Å². The van der Waals surface area contributed by atoms with Gasteiger partial charge in [-0.2, -0.15) is 13.2 Å². The molecule has 0 aliphatic heterocycles. The van der Waals surface area contributed by atoms with Crippen LogP contribution in [0.4, 0.5) is 13.2 Å². The molecular weight excluding hydrogens is 491 g/mol. The summed E-state index contributed by atoms with van der Waals surface area (Å²) in [5.41, 5.74) is 0.469. The van der Waals surface area contributed by atoms with E-state index in [-0.39, 0.29) is 22.1 Å². The quantitative estimate of drug-likeness (QED) is 0.307. The lowest BCUT2D eigenvalue weighted by Crippen LogP contribution is -2.10. The van der Waals surface area contributed by atoms with Crippen LogP contribution in [0.25, 0.3) is 21.5 Å². The van der Waals surface area contributed by atoms with E-state index in [2.05, 4.69) is 4.98 Å². The van der Waals surface area contributed by atoms with Crippen LogP contribution in [0.15, 0.2) is 62.8 Å². The largest absolute Gasteiger partial charge is 0.479 e. The van der Waals surface area contributed by atoms with Crippen molar-refractivity contribution in [3.8, 4) is 16.3 Å². The lowest BCUT2D eigenvalue weighted by molar-refractivity contribution is -0.139. The number of ether oxygens (including phenoxy) is 1. The van der Waals surface area contributed by atoms with Crippen molar-refractivity contribution in [2.75, 3.05) is 6.61 Å². The summed E-state index contributed by atoms with van der Waals surface area (Å²) in [6.45, 7) is 1.24. The zero-order valence-electron chi connectivity index (χ0n) is 17.5. The Bertz CT molecular complexity index is 1410. The fraction of sp³-hybridized carbons (Fsp3) is 0.174. The Morgan fingerprint density at radius 3 is 2.59 bits per heavy atom. The van der Waals surface area contributed by atoms with Crippen molar-refractivity contribution in [3.05, 3.63) is 75.1 Å². The Balaban J connectivity index is 1.58. The Labute approximate surface area is 199 Å². The number of carboxylic acids is 1. The first kappa shape index (κ1) is 23.8. The maximum atomic E-state index is 12.8. The van der Waals surface area contributed by atoms with E-state index >= 15 is 0 Å². The summed E-state index contributed by atoms with van der Waals surface area (Å²) in [6, 6.07) is 9.32. The van der Waals surface area contributed by atoms with Crippen molar-refractivity contribution >= 4 is 40.0 Å². The van der Waals surface area contributed by atoms with Gasteiger partial charge in [0.05, 0.1) is 22.9 Å². The molecule has 2 heterocycles. The molecule has 2 aromatic carbocycles. The van der Waals surface area contributed by atoms with Crippen LogP contribution in [0.2, 0.25) is 0 Å². The lowest BCUT2D eigenvalue weighted by Gasteiger charge is -2.09. The number of thioether (sulfide) groups is 1. The summed E-state index contributed by atoms with van der Waals surface area (Å²) in [7, 11) is 0. The average molecular weight is 508 g/mol. The number of rotatable bonds is 7. The van der Waals surface area contributed by atoms with Gasteiger partial charge in [0.25, 0.3) is 0 Å². The van der Waals surface area contributed by atoms with E-state index in [0.717, 1.165) is 22.7 Å². The molecule has 0 fully saturated rings. The molecule has 0 radical (unpaired) electrons. The summed E-state index contributed by atoms with van der Waals surface area (Å²) in [4.78, 5) is 29.4. The number of benzene rings is 2. The highest BCUT2D eigenvalue weighted by Gasteiger charge is 2.30. The summed E-state index contributed by atoms with van der Waals surface area (Å²) < 4.78 is 49.1. The van der Waals surface area contributed by atoms with Gasteiger partial charge in [0, 0.05) is 27.2 Å². The first-order valence-electron chi connectivity index (χ1n) is 9.79. The van der Waals surface area contributed by atoms with Gasteiger partial charge in [0.15, 0.2) is 23.4 Å². The predicted octanol–water partition coefficient (Wildman–Crippen LogP) is 6.00. The minimum atomic E-state index is -4.40. The molecule has 2 aromatic heterocycles. The molecule has 4 rings (SSSR count). The molecule has 4 aromatic rings. The monoisotopic (exact) mass is 507 g/mol. The van der Waals surface area contributed by atoms with E-state index in [1.54, 1.807) is 12.1 Å². The van der Waals surface area contributed by atoms with Crippen LogP contribution < -0.4 is 10.2 Å². The molecule has 0 bridgehead atoms. The second kappa shape index (κ2) is 9.51. The molecule has 0 aliphatic carbocycles. The molecule has 6 nitrogen and oxygen atoms in total. The minimum Gasteiger partial charge on any atom is -0.479 e. The standard InChI is InChI=1S/C23H16F3NO5S2/c1-12-18(34-22(27-12)13-2-4-14(5-3-13)23(24,25)26)11-33-17-7-6-16(32-10-19(29)30)21-20(17)15(28)8-9-31-21/h2-9H,10-11H2,1H3,(H,29,30). The topological polar surface area (TPSA) is 89.6 Å². The van der Waals surface area contributed by atoms with Crippen molar-refractivity contribution in [3.63, 3.8) is 0 Å². The van der Waals surface area contributed by atoms with Crippen LogP contribution in [0.5, 0.6) is 5.75 Å². The molecule has 1 N–H and O–H groups in total. The fourth-order valence-electron chi connectivity index (χ4n) is 3.15. The molecule has 0 amide bonds. The molecule has 0 spiro atoms. The maximum Gasteiger partial charge on any atom is 0.416 e. The van der Waals surface area contributed by atoms with Gasteiger partial charge in [-0.3, -0.25) is 4.79 Å². The van der Waals surface area contributed by atoms with Gasteiger partial charge in [0.1, 0.15) is 5.01 Å². The molecule has 0 saturated heterocycles. The second-order valence-electron chi connectivity index (χ2n) is 7.12. The molecule has 0 atom stereocenters.